The maximum absolute atomic E-state index is 12.0. The number of nitrogens with two attached hydrogens (primary N) is 1. The fourth-order valence-electron chi connectivity index (χ4n) is 3.61. The van der Waals surface area contributed by atoms with Gasteiger partial charge in [0.25, 0.3) is 0 Å². The predicted octanol–water partition coefficient (Wildman–Crippen LogP) is 2.65. The molecule has 1 heterocycles. The molecule has 0 radical (unpaired) electrons. The lowest BCUT2D eigenvalue weighted by Crippen LogP contribution is -2.32. The van der Waals surface area contributed by atoms with Crippen molar-refractivity contribution < 1.29 is 4.79 Å². The van der Waals surface area contributed by atoms with E-state index in [1.165, 1.54) is 22.2 Å². The van der Waals surface area contributed by atoms with E-state index in [0.29, 0.717) is 18.9 Å². The first kappa shape index (κ1) is 15.1. The summed E-state index contributed by atoms with van der Waals surface area (Å²) in [6.45, 7) is 2.78. The predicted molar refractivity (Wildman–Crippen MR) is 89.7 cm³/mol. The molecule has 4 nitrogen and oxygen atoms in total. The Morgan fingerprint density at radius 2 is 2.18 bits per heavy atom. The number of amides is 1. The Bertz CT molecular complexity index is 661. The lowest BCUT2D eigenvalue weighted by atomic mass is 10.00. The Kier molecular flexibility index (Phi) is 4.48. The van der Waals surface area contributed by atoms with Gasteiger partial charge in [0.2, 0.25) is 5.91 Å². The van der Waals surface area contributed by atoms with Gasteiger partial charge in [-0.1, -0.05) is 24.6 Å². The van der Waals surface area contributed by atoms with E-state index in [1.807, 2.05) is 6.07 Å². The van der Waals surface area contributed by atoms with E-state index in [2.05, 4.69) is 35.4 Å². The normalized spacial score (nSPS) is 21.4. The van der Waals surface area contributed by atoms with Gasteiger partial charge >= 0.3 is 0 Å². The average Bonchev–Trinajstić information content (AvgIpc) is 3.03. The minimum absolute atomic E-state index is 0.139. The average molecular weight is 299 g/mol. The van der Waals surface area contributed by atoms with Gasteiger partial charge in [-0.2, -0.15) is 0 Å². The van der Waals surface area contributed by atoms with Crippen molar-refractivity contribution in [3.63, 3.8) is 0 Å². The number of hydrogen-bond acceptors (Lipinski definition) is 2. The number of nitrogens with one attached hydrogen (secondary N) is 2. The summed E-state index contributed by atoms with van der Waals surface area (Å²) in [7, 11) is 0. The van der Waals surface area contributed by atoms with E-state index >= 15 is 0 Å². The van der Waals surface area contributed by atoms with Gasteiger partial charge in [0.15, 0.2) is 0 Å². The molecule has 2 aromatic rings. The first-order valence-electron chi connectivity index (χ1n) is 8.23. The van der Waals surface area contributed by atoms with Crippen LogP contribution in [-0.2, 0) is 11.2 Å². The van der Waals surface area contributed by atoms with Crippen molar-refractivity contribution in [2.24, 2.45) is 11.7 Å². The summed E-state index contributed by atoms with van der Waals surface area (Å²) in [6, 6.07) is 8.52. The maximum atomic E-state index is 12.0. The van der Waals surface area contributed by atoms with Crippen LogP contribution < -0.4 is 11.1 Å². The summed E-state index contributed by atoms with van der Waals surface area (Å²) in [5, 5.41) is 4.31. The molecule has 22 heavy (non-hydrogen) atoms. The van der Waals surface area contributed by atoms with E-state index in [-0.39, 0.29) is 11.9 Å². The SMILES string of the molecule is Cc1[nH]c2ccccc2c1CCNC(=O)C[C@@H]1CCC[C@H]1N. The molecule has 0 aliphatic heterocycles. The van der Waals surface area contributed by atoms with Crippen LogP contribution in [0, 0.1) is 12.8 Å². The Morgan fingerprint density at radius 3 is 2.95 bits per heavy atom. The summed E-state index contributed by atoms with van der Waals surface area (Å²) in [6.07, 6.45) is 4.75. The molecule has 1 fully saturated rings. The van der Waals surface area contributed by atoms with Gasteiger partial charge in [0.1, 0.15) is 0 Å². The highest BCUT2D eigenvalue weighted by atomic mass is 16.1. The van der Waals surface area contributed by atoms with Crippen molar-refractivity contribution in [1.29, 1.82) is 0 Å². The van der Waals surface area contributed by atoms with Crippen molar-refractivity contribution in [3.8, 4) is 0 Å². The van der Waals surface area contributed by atoms with Gasteiger partial charge in [-0.15, -0.1) is 0 Å². The molecule has 3 rings (SSSR count). The molecule has 1 aromatic carbocycles. The monoisotopic (exact) mass is 299 g/mol. The third kappa shape index (κ3) is 3.17. The summed E-state index contributed by atoms with van der Waals surface area (Å²) in [5.74, 6) is 0.509. The van der Waals surface area contributed by atoms with Gasteiger partial charge in [-0.05, 0) is 43.7 Å². The standard InChI is InChI=1S/C18H25N3O/c1-12-14(15-6-2-3-8-17(15)21-12)9-10-20-18(22)11-13-5-4-7-16(13)19/h2-3,6,8,13,16,21H,4-5,7,9-11,19H2,1H3,(H,20,22)/t13-,16+/m0/s1. The summed E-state index contributed by atoms with van der Waals surface area (Å²) < 4.78 is 0. The van der Waals surface area contributed by atoms with Crippen LogP contribution in [0.5, 0.6) is 0 Å². The fourth-order valence-corrected chi connectivity index (χ4v) is 3.61. The van der Waals surface area contributed by atoms with Crippen molar-refractivity contribution in [2.45, 2.75) is 45.1 Å². The van der Waals surface area contributed by atoms with Gasteiger partial charge < -0.3 is 16.0 Å². The minimum atomic E-state index is 0.139. The van der Waals surface area contributed by atoms with Crippen LogP contribution in [0.1, 0.15) is 36.9 Å². The maximum Gasteiger partial charge on any atom is 0.220 e. The zero-order valence-electron chi connectivity index (χ0n) is 13.2. The molecule has 1 aromatic heterocycles. The second kappa shape index (κ2) is 6.53. The molecular formula is C18H25N3O. The first-order chi connectivity index (χ1) is 10.6. The topological polar surface area (TPSA) is 70.9 Å². The number of H-pyrrole nitrogens is 1. The number of fused-ring (bicyclic) bond motifs is 1. The van der Waals surface area contributed by atoms with Crippen LogP contribution >= 0.6 is 0 Å². The molecule has 1 saturated carbocycles. The number of carbonyl (C=O) groups is 1. The second-order valence-corrected chi connectivity index (χ2v) is 6.43. The van der Waals surface area contributed by atoms with Gasteiger partial charge in [0.05, 0.1) is 0 Å². The molecule has 4 heteroatoms. The molecular weight excluding hydrogens is 274 g/mol. The smallest absolute Gasteiger partial charge is 0.220 e. The van der Waals surface area contributed by atoms with Crippen molar-refractivity contribution >= 4 is 16.8 Å². The number of carbonyl (C=O) groups excluding carboxylic acids is 1. The number of benzene rings is 1. The largest absolute Gasteiger partial charge is 0.358 e. The van der Waals surface area contributed by atoms with Gasteiger partial charge in [-0.3, -0.25) is 4.79 Å². The molecule has 118 valence electrons. The van der Waals surface area contributed by atoms with Crippen LogP contribution in [0.15, 0.2) is 24.3 Å². The lowest BCUT2D eigenvalue weighted by Gasteiger charge is -2.14. The van der Waals surface area contributed by atoms with Crippen molar-refractivity contribution in [3.05, 3.63) is 35.5 Å². The van der Waals surface area contributed by atoms with E-state index in [9.17, 15) is 4.79 Å². The Morgan fingerprint density at radius 1 is 1.36 bits per heavy atom. The van der Waals surface area contributed by atoms with E-state index in [1.54, 1.807) is 0 Å². The van der Waals surface area contributed by atoms with Crippen LogP contribution in [0.3, 0.4) is 0 Å². The summed E-state index contributed by atoms with van der Waals surface area (Å²) in [4.78, 5) is 15.4. The van der Waals surface area contributed by atoms with Crippen molar-refractivity contribution in [2.75, 3.05) is 6.54 Å². The first-order valence-corrected chi connectivity index (χ1v) is 8.23. The van der Waals surface area contributed by atoms with Crippen LogP contribution in [0.4, 0.5) is 0 Å². The molecule has 2 atom stereocenters. The van der Waals surface area contributed by atoms with Crippen LogP contribution in [-0.4, -0.2) is 23.5 Å². The molecule has 1 amide bonds. The number of aromatic nitrogens is 1. The number of aromatic amines is 1. The fraction of sp³-hybridized carbons (Fsp3) is 0.500. The lowest BCUT2D eigenvalue weighted by molar-refractivity contribution is -0.122. The van der Waals surface area contributed by atoms with Gasteiger partial charge in [0, 0.05) is 35.6 Å². The summed E-state index contributed by atoms with van der Waals surface area (Å²) in [5.41, 5.74) is 9.68. The number of para-hydroxylation sites is 1. The molecule has 1 aliphatic rings. The Labute approximate surface area is 131 Å². The van der Waals surface area contributed by atoms with E-state index in [0.717, 1.165) is 25.7 Å². The van der Waals surface area contributed by atoms with Gasteiger partial charge in [-0.25, -0.2) is 0 Å². The number of aryl methyl sites for hydroxylation is 1. The highest BCUT2D eigenvalue weighted by Gasteiger charge is 2.25. The molecule has 0 spiro atoms. The zero-order valence-corrected chi connectivity index (χ0v) is 13.2. The quantitative estimate of drug-likeness (QED) is 0.794. The van der Waals surface area contributed by atoms with Crippen LogP contribution in [0.25, 0.3) is 10.9 Å². The van der Waals surface area contributed by atoms with E-state index in [4.69, 9.17) is 5.73 Å². The van der Waals surface area contributed by atoms with E-state index < -0.39 is 0 Å². The number of rotatable bonds is 5. The second-order valence-electron chi connectivity index (χ2n) is 6.43. The Hall–Kier alpha value is -1.81. The molecule has 0 unspecified atom stereocenters. The third-order valence-corrected chi connectivity index (χ3v) is 4.89. The Balaban J connectivity index is 1.54. The third-order valence-electron chi connectivity index (χ3n) is 4.89. The highest BCUT2D eigenvalue weighted by Crippen LogP contribution is 2.26. The molecule has 0 bridgehead atoms. The van der Waals surface area contributed by atoms with Crippen molar-refractivity contribution in [1.82, 2.24) is 10.3 Å². The number of hydrogen-bond donors (Lipinski definition) is 3. The minimum Gasteiger partial charge on any atom is -0.358 e. The summed E-state index contributed by atoms with van der Waals surface area (Å²) >= 11 is 0. The molecule has 4 N–H and O–H groups in total. The molecule has 0 saturated heterocycles. The molecule has 1 aliphatic carbocycles. The highest BCUT2D eigenvalue weighted by molar-refractivity contribution is 5.84. The zero-order chi connectivity index (χ0) is 15.5. The van der Waals surface area contributed by atoms with Crippen LogP contribution in [0.2, 0.25) is 0 Å².